The third-order valence-corrected chi connectivity index (χ3v) is 5.10. The molecule has 130 valence electrons. The number of ether oxygens (including phenoxy) is 1. The molecule has 0 aliphatic heterocycles. The van der Waals surface area contributed by atoms with E-state index in [-0.39, 0.29) is 27.2 Å². The van der Waals surface area contributed by atoms with Crippen LogP contribution in [0.15, 0.2) is 29.8 Å². The van der Waals surface area contributed by atoms with Gasteiger partial charge < -0.3 is 14.5 Å². The number of carbonyl (C=O) groups is 2. The molecule has 0 spiro atoms. The van der Waals surface area contributed by atoms with Crippen molar-refractivity contribution in [3.05, 3.63) is 51.9 Å². The second kappa shape index (κ2) is 6.16. The fourth-order valence-electron chi connectivity index (χ4n) is 2.27. The number of esters is 1. The van der Waals surface area contributed by atoms with E-state index < -0.39 is 25.3 Å². The summed E-state index contributed by atoms with van der Waals surface area (Å²) in [7, 11) is -3.59. The van der Waals surface area contributed by atoms with Gasteiger partial charge in [-0.3, -0.25) is 9.13 Å². The lowest BCUT2D eigenvalue weighted by atomic mass is 10.1. The highest BCUT2D eigenvalue weighted by Gasteiger charge is 2.26. The zero-order valence-corrected chi connectivity index (χ0v) is 14.3. The molecule has 2 aromatic heterocycles. The maximum Gasteiger partial charge on any atom is 0.434 e. The Morgan fingerprint density at radius 3 is 2.72 bits per heavy atom. The van der Waals surface area contributed by atoms with Gasteiger partial charge in [-0.25, -0.2) is 18.7 Å². The van der Waals surface area contributed by atoms with Crippen LogP contribution >= 0.6 is 19.1 Å². The van der Waals surface area contributed by atoms with E-state index in [0.717, 1.165) is 29.7 Å². The van der Waals surface area contributed by atoms with Gasteiger partial charge in [0, 0.05) is 17.0 Å². The van der Waals surface area contributed by atoms with Crippen molar-refractivity contribution in [1.29, 1.82) is 0 Å². The lowest BCUT2D eigenvalue weighted by molar-refractivity contribution is 0.0595. The predicted octanol–water partition coefficient (Wildman–Crippen LogP) is 2.20. The zero-order valence-electron chi connectivity index (χ0n) is 12.5. The van der Waals surface area contributed by atoms with E-state index in [1.54, 1.807) is 0 Å². The molecule has 25 heavy (non-hydrogen) atoms. The van der Waals surface area contributed by atoms with Gasteiger partial charge in [-0.2, -0.15) is 0 Å². The maximum atomic E-state index is 13.6. The van der Waals surface area contributed by atoms with Crippen molar-refractivity contribution in [3.8, 4) is 0 Å². The first-order valence-corrected chi connectivity index (χ1v) is 9.12. The number of ketones is 1. The Morgan fingerprint density at radius 2 is 2.08 bits per heavy atom. The van der Waals surface area contributed by atoms with Crippen LogP contribution in [0.4, 0.5) is 4.39 Å². The monoisotopic (exact) mass is 384 g/mol. The van der Waals surface area contributed by atoms with Crippen LogP contribution in [0, 0.1) is 5.82 Å². The number of thiazole rings is 1. The standard InChI is InChI=1S/C14H10FN2O6PS/c1-23-14(19)10-6-25-13(16-10)12(18)9-5-17(24(20,21)22)11-3-2-7(15)4-8(9)11/h2-6H,1H3,(H2,20,21,22). The van der Waals surface area contributed by atoms with Crippen LogP contribution in [0.1, 0.15) is 25.9 Å². The Balaban J connectivity index is 2.16. The Kier molecular flexibility index (Phi) is 4.29. The molecule has 1 aromatic carbocycles. The lowest BCUT2D eigenvalue weighted by Crippen LogP contribution is -2.04. The number of carbonyl (C=O) groups excluding carboxylic acids is 2. The summed E-state index contributed by atoms with van der Waals surface area (Å²) in [5.41, 5.74) is -0.202. The first kappa shape index (κ1) is 17.4. The number of benzene rings is 1. The summed E-state index contributed by atoms with van der Waals surface area (Å²) in [6.45, 7) is 0. The molecular formula is C14H10FN2O6PS. The van der Waals surface area contributed by atoms with E-state index in [9.17, 15) is 28.3 Å². The van der Waals surface area contributed by atoms with Gasteiger partial charge >= 0.3 is 13.7 Å². The molecule has 2 heterocycles. The molecule has 11 heteroatoms. The van der Waals surface area contributed by atoms with Gasteiger partial charge in [0.2, 0.25) is 5.78 Å². The quantitative estimate of drug-likeness (QED) is 0.402. The average molecular weight is 384 g/mol. The first-order chi connectivity index (χ1) is 11.7. The summed E-state index contributed by atoms with van der Waals surface area (Å²) < 4.78 is 30.3. The molecular weight excluding hydrogens is 374 g/mol. The minimum Gasteiger partial charge on any atom is -0.464 e. The lowest BCUT2D eigenvalue weighted by Gasteiger charge is -2.05. The van der Waals surface area contributed by atoms with E-state index in [1.807, 2.05) is 0 Å². The molecule has 0 aliphatic rings. The molecule has 0 aliphatic carbocycles. The number of rotatable bonds is 4. The van der Waals surface area contributed by atoms with E-state index in [2.05, 4.69) is 9.72 Å². The molecule has 8 nitrogen and oxygen atoms in total. The van der Waals surface area contributed by atoms with Crippen LogP contribution in [-0.2, 0) is 9.30 Å². The Morgan fingerprint density at radius 1 is 1.36 bits per heavy atom. The molecule has 3 rings (SSSR count). The van der Waals surface area contributed by atoms with Crippen LogP contribution in [0.25, 0.3) is 10.9 Å². The maximum absolute atomic E-state index is 13.6. The topological polar surface area (TPSA) is 119 Å². The molecule has 0 radical (unpaired) electrons. The largest absolute Gasteiger partial charge is 0.464 e. The van der Waals surface area contributed by atoms with Gasteiger partial charge in [0.25, 0.3) is 0 Å². The van der Waals surface area contributed by atoms with Crippen molar-refractivity contribution in [1.82, 2.24) is 9.32 Å². The number of hydrogen-bond donors (Lipinski definition) is 2. The van der Waals surface area contributed by atoms with Crippen LogP contribution in [0.2, 0.25) is 0 Å². The molecule has 2 N–H and O–H groups in total. The number of fused-ring (bicyclic) bond motifs is 1. The van der Waals surface area contributed by atoms with Gasteiger partial charge in [0.05, 0.1) is 18.2 Å². The third kappa shape index (κ3) is 3.12. The van der Waals surface area contributed by atoms with Crippen molar-refractivity contribution in [2.45, 2.75) is 0 Å². The predicted molar refractivity (Wildman–Crippen MR) is 86.2 cm³/mol. The van der Waals surface area contributed by atoms with E-state index in [1.165, 1.54) is 18.6 Å². The van der Waals surface area contributed by atoms with E-state index in [4.69, 9.17) is 0 Å². The number of hydrogen-bond acceptors (Lipinski definition) is 6. The smallest absolute Gasteiger partial charge is 0.434 e. The van der Waals surface area contributed by atoms with Crippen molar-refractivity contribution in [3.63, 3.8) is 0 Å². The molecule has 0 unspecified atom stereocenters. The van der Waals surface area contributed by atoms with Gasteiger partial charge in [0.15, 0.2) is 10.7 Å². The SMILES string of the molecule is COC(=O)c1csc(C(=O)c2cn(P(=O)(O)O)c3ccc(F)cc23)n1. The van der Waals surface area contributed by atoms with Crippen molar-refractivity contribution < 1.29 is 33.1 Å². The molecule has 0 bridgehead atoms. The second-order valence-corrected chi connectivity index (χ2v) is 7.24. The van der Waals surface area contributed by atoms with Crippen molar-refractivity contribution in [2.75, 3.05) is 7.11 Å². The van der Waals surface area contributed by atoms with Crippen LogP contribution in [0.5, 0.6) is 0 Å². The highest BCUT2D eigenvalue weighted by Crippen LogP contribution is 2.42. The third-order valence-electron chi connectivity index (χ3n) is 3.37. The van der Waals surface area contributed by atoms with Crippen molar-refractivity contribution >= 4 is 41.7 Å². The second-order valence-electron chi connectivity index (χ2n) is 4.92. The Hall–Kier alpha value is -2.39. The summed E-state index contributed by atoms with van der Waals surface area (Å²) in [6, 6.07) is 3.20. The highest BCUT2D eigenvalue weighted by atomic mass is 32.1. The molecule has 0 atom stereocenters. The average Bonchev–Trinajstić information content (AvgIpc) is 3.17. The number of aromatic nitrogens is 2. The number of halogens is 1. The summed E-state index contributed by atoms with van der Waals surface area (Å²) >= 11 is 0.867. The van der Waals surface area contributed by atoms with E-state index in [0.29, 0.717) is 4.34 Å². The van der Waals surface area contributed by atoms with E-state index >= 15 is 0 Å². The first-order valence-electron chi connectivity index (χ1n) is 6.68. The van der Waals surface area contributed by atoms with Gasteiger partial charge in [0.1, 0.15) is 5.82 Å². The number of methoxy groups -OCH3 is 1. The summed E-state index contributed by atoms with van der Waals surface area (Å²) in [4.78, 5) is 46.8. The fourth-order valence-corrected chi connectivity index (χ4v) is 3.73. The fraction of sp³-hybridized carbons (Fsp3) is 0.0714. The Labute approximate surface area is 143 Å². The van der Waals surface area contributed by atoms with Crippen molar-refractivity contribution in [2.24, 2.45) is 0 Å². The minimum absolute atomic E-state index is 0.00262. The molecule has 0 saturated heterocycles. The van der Waals surface area contributed by atoms with Crippen LogP contribution < -0.4 is 0 Å². The van der Waals surface area contributed by atoms with Crippen LogP contribution in [0.3, 0.4) is 0 Å². The molecule has 3 aromatic rings. The molecule has 0 fully saturated rings. The normalized spacial score (nSPS) is 11.7. The Bertz CT molecular complexity index is 1050. The minimum atomic E-state index is -4.75. The van der Waals surface area contributed by atoms with Gasteiger partial charge in [-0.05, 0) is 18.2 Å². The van der Waals surface area contributed by atoms with Gasteiger partial charge in [-0.15, -0.1) is 11.3 Å². The van der Waals surface area contributed by atoms with Crippen LogP contribution in [-0.4, -0.2) is 38.0 Å². The van der Waals surface area contributed by atoms with Gasteiger partial charge in [-0.1, -0.05) is 0 Å². The molecule has 0 amide bonds. The number of nitrogens with zero attached hydrogens (tertiary/aromatic N) is 2. The summed E-state index contributed by atoms with van der Waals surface area (Å²) in [5.74, 6) is -2.08. The highest BCUT2D eigenvalue weighted by molar-refractivity contribution is 7.50. The zero-order chi connectivity index (χ0) is 18.4. The molecule has 0 saturated carbocycles. The summed E-state index contributed by atoms with van der Waals surface area (Å²) in [5, 5.41) is 1.26. The summed E-state index contributed by atoms with van der Waals surface area (Å²) in [6.07, 6.45) is 0.951.